The van der Waals surface area contributed by atoms with Gasteiger partial charge in [0.25, 0.3) is 0 Å². The quantitative estimate of drug-likeness (QED) is 0.906. The van der Waals surface area contributed by atoms with E-state index in [9.17, 15) is 5.11 Å². The first kappa shape index (κ1) is 12.0. The SMILES string of the molecule is COc1ccc(Cl)c(-c2ccc(C(C)O)o2)c1. The van der Waals surface area contributed by atoms with Crippen molar-refractivity contribution in [3.8, 4) is 17.1 Å². The predicted octanol–water partition coefficient (Wildman–Crippen LogP) is 3.66. The molecular weight excluding hydrogens is 240 g/mol. The number of benzene rings is 1. The second-order valence-corrected chi connectivity index (χ2v) is 4.13. The molecular formula is C13H13ClO3. The molecule has 0 radical (unpaired) electrons. The molecule has 4 heteroatoms. The van der Waals surface area contributed by atoms with Gasteiger partial charge in [0.1, 0.15) is 23.4 Å². The summed E-state index contributed by atoms with van der Waals surface area (Å²) in [5.74, 6) is 1.84. The zero-order chi connectivity index (χ0) is 12.4. The second kappa shape index (κ2) is 4.82. The minimum atomic E-state index is -0.631. The Hall–Kier alpha value is -1.45. The average molecular weight is 253 g/mol. The van der Waals surface area contributed by atoms with E-state index in [0.717, 1.165) is 5.56 Å². The molecule has 3 nitrogen and oxygen atoms in total. The number of ether oxygens (including phenoxy) is 1. The van der Waals surface area contributed by atoms with Gasteiger partial charge in [-0.3, -0.25) is 0 Å². The van der Waals surface area contributed by atoms with Gasteiger partial charge < -0.3 is 14.3 Å². The van der Waals surface area contributed by atoms with Gasteiger partial charge in [0.05, 0.1) is 12.1 Å². The van der Waals surface area contributed by atoms with Crippen molar-refractivity contribution in [3.63, 3.8) is 0 Å². The molecule has 1 aromatic carbocycles. The summed E-state index contributed by atoms with van der Waals surface area (Å²) in [4.78, 5) is 0. The molecule has 2 rings (SSSR count). The molecule has 0 saturated carbocycles. The molecule has 1 heterocycles. The standard InChI is InChI=1S/C13H13ClO3/c1-8(15)12-5-6-13(17-12)10-7-9(16-2)3-4-11(10)14/h3-8,15H,1-2H3. The van der Waals surface area contributed by atoms with Crippen LogP contribution in [0, 0.1) is 0 Å². The Labute approximate surface area is 105 Å². The first-order valence-corrected chi connectivity index (χ1v) is 5.61. The molecule has 2 aromatic rings. The molecule has 0 saturated heterocycles. The minimum absolute atomic E-state index is 0.513. The highest BCUT2D eigenvalue weighted by molar-refractivity contribution is 6.33. The Balaban J connectivity index is 2.44. The largest absolute Gasteiger partial charge is 0.497 e. The van der Waals surface area contributed by atoms with Gasteiger partial charge in [-0.2, -0.15) is 0 Å². The molecule has 0 bridgehead atoms. The van der Waals surface area contributed by atoms with E-state index < -0.39 is 6.10 Å². The van der Waals surface area contributed by atoms with E-state index in [1.807, 2.05) is 0 Å². The monoisotopic (exact) mass is 252 g/mol. The van der Waals surface area contributed by atoms with Crippen molar-refractivity contribution >= 4 is 11.6 Å². The molecule has 0 aliphatic carbocycles. The van der Waals surface area contributed by atoms with E-state index in [0.29, 0.717) is 22.3 Å². The third-order valence-electron chi connectivity index (χ3n) is 2.48. The minimum Gasteiger partial charge on any atom is -0.497 e. The molecule has 1 N–H and O–H groups in total. The first-order valence-electron chi connectivity index (χ1n) is 5.23. The molecule has 1 atom stereocenters. The van der Waals surface area contributed by atoms with Crippen LogP contribution in [0.1, 0.15) is 18.8 Å². The zero-order valence-corrected chi connectivity index (χ0v) is 10.4. The lowest BCUT2D eigenvalue weighted by Gasteiger charge is -2.05. The smallest absolute Gasteiger partial charge is 0.136 e. The fourth-order valence-corrected chi connectivity index (χ4v) is 1.75. The molecule has 90 valence electrons. The van der Waals surface area contributed by atoms with E-state index in [1.165, 1.54) is 0 Å². The second-order valence-electron chi connectivity index (χ2n) is 3.72. The Morgan fingerprint density at radius 1 is 1.29 bits per heavy atom. The number of methoxy groups -OCH3 is 1. The van der Waals surface area contributed by atoms with Crippen LogP contribution in [0.15, 0.2) is 34.7 Å². The molecule has 0 fully saturated rings. The maximum atomic E-state index is 9.40. The molecule has 0 amide bonds. The number of rotatable bonds is 3. The van der Waals surface area contributed by atoms with Crippen molar-refractivity contribution in [2.45, 2.75) is 13.0 Å². The van der Waals surface area contributed by atoms with Crippen molar-refractivity contribution in [1.82, 2.24) is 0 Å². The highest BCUT2D eigenvalue weighted by Crippen LogP contribution is 2.33. The number of halogens is 1. The van der Waals surface area contributed by atoms with E-state index >= 15 is 0 Å². The topological polar surface area (TPSA) is 42.6 Å². The maximum Gasteiger partial charge on any atom is 0.136 e. The van der Waals surface area contributed by atoms with Gasteiger partial charge in [-0.15, -0.1) is 0 Å². The summed E-state index contributed by atoms with van der Waals surface area (Å²) in [7, 11) is 1.59. The van der Waals surface area contributed by atoms with E-state index in [4.69, 9.17) is 20.8 Å². The molecule has 0 aliphatic rings. The normalized spacial score (nSPS) is 12.5. The predicted molar refractivity (Wildman–Crippen MR) is 66.3 cm³/mol. The lowest BCUT2D eigenvalue weighted by molar-refractivity contribution is 0.170. The van der Waals surface area contributed by atoms with Gasteiger partial charge >= 0.3 is 0 Å². The number of aliphatic hydroxyl groups is 1. The third kappa shape index (κ3) is 2.46. The molecule has 0 spiro atoms. The Kier molecular flexibility index (Phi) is 3.41. The van der Waals surface area contributed by atoms with Gasteiger partial charge in [0.15, 0.2) is 0 Å². The fraction of sp³-hybridized carbons (Fsp3) is 0.231. The van der Waals surface area contributed by atoms with Gasteiger partial charge in [-0.05, 0) is 37.3 Å². The fourth-order valence-electron chi connectivity index (χ4n) is 1.54. The van der Waals surface area contributed by atoms with Crippen LogP contribution in [0.3, 0.4) is 0 Å². The van der Waals surface area contributed by atoms with Crippen molar-refractivity contribution in [1.29, 1.82) is 0 Å². The lowest BCUT2D eigenvalue weighted by atomic mass is 10.1. The third-order valence-corrected chi connectivity index (χ3v) is 2.81. The molecule has 1 unspecified atom stereocenters. The maximum absolute atomic E-state index is 9.40. The van der Waals surface area contributed by atoms with Crippen LogP contribution >= 0.6 is 11.6 Å². The van der Waals surface area contributed by atoms with Crippen molar-refractivity contribution in [2.24, 2.45) is 0 Å². The molecule has 1 aromatic heterocycles. The van der Waals surface area contributed by atoms with E-state index in [-0.39, 0.29) is 0 Å². The van der Waals surface area contributed by atoms with Crippen LogP contribution in [-0.4, -0.2) is 12.2 Å². The highest BCUT2D eigenvalue weighted by Gasteiger charge is 2.12. The highest BCUT2D eigenvalue weighted by atomic mass is 35.5. The van der Waals surface area contributed by atoms with Gasteiger partial charge in [-0.1, -0.05) is 11.6 Å². The number of hydrogen-bond acceptors (Lipinski definition) is 3. The summed E-state index contributed by atoms with van der Waals surface area (Å²) in [5, 5.41) is 9.98. The van der Waals surface area contributed by atoms with E-state index in [1.54, 1.807) is 44.4 Å². The number of furan rings is 1. The number of aliphatic hydroxyl groups excluding tert-OH is 1. The van der Waals surface area contributed by atoms with Crippen LogP contribution < -0.4 is 4.74 Å². The summed E-state index contributed by atoms with van der Waals surface area (Å²) in [6.45, 7) is 1.65. The zero-order valence-electron chi connectivity index (χ0n) is 9.61. The summed E-state index contributed by atoms with van der Waals surface area (Å²) in [6.07, 6.45) is -0.631. The van der Waals surface area contributed by atoms with Crippen LogP contribution in [0.25, 0.3) is 11.3 Å². The van der Waals surface area contributed by atoms with Gasteiger partial charge in [-0.25, -0.2) is 0 Å². The average Bonchev–Trinajstić information content (AvgIpc) is 2.79. The van der Waals surface area contributed by atoms with Crippen molar-refractivity contribution < 1.29 is 14.3 Å². The Morgan fingerprint density at radius 3 is 2.65 bits per heavy atom. The van der Waals surface area contributed by atoms with Crippen molar-refractivity contribution in [3.05, 3.63) is 41.1 Å². The molecule has 0 aliphatic heterocycles. The van der Waals surface area contributed by atoms with Gasteiger partial charge in [0, 0.05) is 5.56 Å². The first-order chi connectivity index (χ1) is 8.11. The van der Waals surface area contributed by atoms with Crippen LogP contribution in [0.4, 0.5) is 0 Å². The van der Waals surface area contributed by atoms with Crippen molar-refractivity contribution in [2.75, 3.05) is 7.11 Å². The lowest BCUT2D eigenvalue weighted by Crippen LogP contribution is -1.86. The van der Waals surface area contributed by atoms with Crippen LogP contribution in [0.5, 0.6) is 5.75 Å². The Morgan fingerprint density at radius 2 is 2.06 bits per heavy atom. The molecule has 17 heavy (non-hydrogen) atoms. The Bertz CT molecular complexity index is 517. The van der Waals surface area contributed by atoms with E-state index in [2.05, 4.69) is 0 Å². The summed E-state index contributed by atoms with van der Waals surface area (Å²) in [5.41, 5.74) is 0.748. The summed E-state index contributed by atoms with van der Waals surface area (Å²) in [6, 6.07) is 8.84. The van der Waals surface area contributed by atoms with Crippen LogP contribution in [0.2, 0.25) is 5.02 Å². The van der Waals surface area contributed by atoms with Crippen LogP contribution in [-0.2, 0) is 0 Å². The van der Waals surface area contributed by atoms with Gasteiger partial charge in [0.2, 0.25) is 0 Å². The summed E-state index contributed by atoms with van der Waals surface area (Å²) >= 11 is 6.10. The summed E-state index contributed by atoms with van der Waals surface area (Å²) < 4.78 is 10.7. The number of hydrogen-bond donors (Lipinski definition) is 1.